The predicted octanol–water partition coefficient (Wildman–Crippen LogP) is 9.67. The molecule has 0 aromatic carbocycles. The zero-order valence-corrected chi connectivity index (χ0v) is 35.8. The Labute approximate surface area is 346 Å². The van der Waals surface area contributed by atoms with Crippen LogP contribution < -0.4 is 0 Å². The highest BCUT2D eigenvalue weighted by Gasteiger charge is 2.44. The first-order valence-electron chi connectivity index (χ1n) is 22.7. The minimum Gasteiger partial charge on any atom is -0.462 e. The predicted molar refractivity (Wildman–Crippen MR) is 229 cm³/mol. The second-order valence-electron chi connectivity index (χ2n) is 15.5. The number of carbonyl (C=O) groups excluding carboxylic acids is 2. The van der Waals surface area contributed by atoms with Crippen LogP contribution >= 0.6 is 0 Å². The lowest BCUT2D eigenvalue weighted by Gasteiger charge is -2.39. The Morgan fingerprint density at radius 1 is 0.544 bits per heavy atom. The lowest BCUT2D eigenvalue weighted by molar-refractivity contribution is -0.305. The third kappa shape index (κ3) is 29.5. The molecule has 0 bridgehead atoms. The molecular formula is C47H82O10. The summed E-state index contributed by atoms with van der Waals surface area (Å²) in [4.78, 5) is 25.3. The highest BCUT2D eigenvalue weighted by molar-refractivity contribution is 5.70. The number of rotatable bonds is 37. The van der Waals surface area contributed by atoms with E-state index in [-0.39, 0.29) is 26.1 Å². The van der Waals surface area contributed by atoms with Crippen LogP contribution in [-0.4, -0.2) is 89.0 Å². The number of ether oxygens (including phenoxy) is 4. The van der Waals surface area contributed by atoms with Gasteiger partial charge in [-0.2, -0.15) is 0 Å². The molecule has 4 N–H and O–H groups in total. The molecule has 10 nitrogen and oxygen atoms in total. The smallest absolute Gasteiger partial charge is 0.306 e. The van der Waals surface area contributed by atoms with Gasteiger partial charge in [-0.1, -0.05) is 140 Å². The highest BCUT2D eigenvalue weighted by Crippen LogP contribution is 2.22. The van der Waals surface area contributed by atoms with Crippen LogP contribution in [0.1, 0.15) is 181 Å². The van der Waals surface area contributed by atoms with Crippen molar-refractivity contribution in [3.05, 3.63) is 48.6 Å². The van der Waals surface area contributed by atoms with Crippen molar-refractivity contribution in [3.8, 4) is 0 Å². The van der Waals surface area contributed by atoms with Gasteiger partial charge in [-0.05, 0) is 77.0 Å². The summed E-state index contributed by atoms with van der Waals surface area (Å²) in [6.45, 7) is 3.35. The van der Waals surface area contributed by atoms with Crippen molar-refractivity contribution in [2.75, 3.05) is 19.8 Å². The Morgan fingerprint density at radius 2 is 0.982 bits per heavy atom. The van der Waals surface area contributed by atoms with Gasteiger partial charge in [0.05, 0.1) is 13.2 Å². The number of carbonyl (C=O) groups is 2. The van der Waals surface area contributed by atoms with Crippen LogP contribution in [0.3, 0.4) is 0 Å². The molecule has 0 spiro atoms. The minimum absolute atomic E-state index is 0.213. The second kappa shape index (κ2) is 37.9. The molecule has 0 aromatic rings. The second-order valence-corrected chi connectivity index (χ2v) is 15.5. The quantitative estimate of drug-likeness (QED) is 0.0271. The molecule has 0 aromatic heterocycles. The van der Waals surface area contributed by atoms with E-state index >= 15 is 0 Å². The highest BCUT2D eigenvalue weighted by atomic mass is 16.7. The first-order valence-corrected chi connectivity index (χ1v) is 22.7. The summed E-state index contributed by atoms with van der Waals surface area (Å²) in [6.07, 6.45) is 36.8. The fourth-order valence-electron chi connectivity index (χ4n) is 6.54. The Morgan fingerprint density at radius 3 is 1.53 bits per heavy atom. The van der Waals surface area contributed by atoms with Gasteiger partial charge in [0.25, 0.3) is 0 Å². The van der Waals surface area contributed by atoms with Crippen molar-refractivity contribution in [1.82, 2.24) is 0 Å². The summed E-state index contributed by atoms with van der Waals surface area (Å²) < 4.78 is 22.1. The topological polar surface area (TPSA) is 152 Å². The summed E-state index contributed by atoms with van der Waals surface area (Å²) in [6, 6.07) is 0. The average Bonchev–Trinajstić information content (AvgIpc) is 3.21. The first-order chi connectivity index (χ1) is 27.8. The molecule has 57 heavy (non-hydrogen) atoms. The van der Waals surface area contributed by atoms with Crippen LogP contribution in [0.4, 0.5) is 0 Å². The zero-order chi connectivity index (χ0) is 41.6. The van der Waals surface area contributed by atoms with Gasteiger partial charge in [0.1, 0.15) is 31.0 Å². The summed E-state index contributed by atoms with van der Waals surface area (Å²) in [7, 11) is 0. The summed E-state index contributed by atoms with van der Waals surface area (Å²) >= 11 is 0. The number of aliphatic hydroxyl groups is 4. The van der Waals surface area contributed by atoms with Crippen LogP contribution in [0.15, 0.2) is 48.6 Å². The lowest BCUT2D eigenvalue weighted by atomic mass is 9.99. The SMILES string of the molecule is CCCCC/C=C/C/C=C/CCCCCCCCCC(=O)O[C@H](COC(=O)CCCC/C=C/C/C=C/CCCCCCCC)CO[C@@H]1O[C@H](CO)[C@H](O)C(O)C1O. The molecule has 1 saturated heterocycles. The molecule has 10 heteroatoms. The van der Waals surface area contributed by atoms with E-state index in [1.54, 1.807) is 0 Å². The number of esters is 2. The van der Waals surface area contributed by atoms with E-state index in [4.69, 9.17) is 18.9 Å². The van der Waals surface area contributed by atoms with Crippen LogP contribution in [0.5, 0.6) is 0 Å². The van der Waals surface area contributed by atoms with E-state index < -0.39 is 55.4 Å². The Bertz CT molecular complexity index is 1070. The molecule has 1 rings (SSSR count). The Kier molecular flexibility index (Phi) is 35.0. The number of hydrogen-bond acceptors (Lipinski definition) is 10. The van der Waals surface area contributed by atoms with Crippen molar-refractivity contribution in [3.63, 3.8) is 0 Å². The van der Waals surface area contributed by atoms with Crippen LogP contribution in [-0.2, 0) is 28.5 Å². The Balaban J connectivity index is 2.36. The third-order valence-corrected chi connectivity index (χ3v) is 10.2. The van der Waals surface area contributed by atoms with Gasteiger partial charge in [-0.3, -0.25) is 9.59 Å². The molecule has 1 heterocycles. The molecule has 1 aliphatic heterocycles. The van der Waals surface area contributed by atoms with E-state index in [0.29, 0.717) is 12.8 Å². The van der Waals surface area contributed by atoms with Gasteiger partial charge in [0.2, 0.25) is 0 Å². The fourth-order valence-corrected chi connectivity index (χ4v) is 6.54. The average molecular weight is 807 g/mol. The molecule has 0 saturated carbocycles. The molecule has 2 unspecified atom stereocenters. The molecule has 0 aliphatic carbocycles. The fraction of sp³-hybridized carbons (Fsp3) is 0.787. The number of aliphatic hydroxyl groups excluding tert-OH is 4. The number of allylic oxidation sites excluding steroid dienone is 8. The monoisotopic (exact) mass is 807 g/mol. The van der Waals surface area contributed by atoms with Gasteiger partial charge in [-0.25, -0.2) is 0 Å². The molecule has 0 radical (unpaired) electrons. The van der Waals surface area contributed by atoms with Crippen molar-refractivity contribution >= 4 is 11.9 Å². The summed E-state index contributed by atoms with van der Waals surface area (Å²) in [5.74, 6) is -0.855. The van der Waals surface area contributed by atoms with Crippen LogP contribution in [0.25, 0.3) is 0 Å². The largest absolute Gasteiger partial charge is 0.462 e. The lowest BCUT2D eigenvalue weighted by Crippen LogP contribution is -2.59. The standard InChI is InChI=1S/C47H82O10/c1-3-5-7-9-11-13-15-17-19-20-22-24-26-28-30-32-34-36-43(50)56-40(39-55-47-46(53)45(52)44(51)41(37-48)57-47)38-54-42(49)35-33-31-29-27-25-23-21-18-16-14-12-10-8-6-4-2/h11,13,17-19,21,25,27,40-41,44-48,51-53H,3-10,12,14-16,20,22-24,26,28-39H2,1-2H3/b13-11+,19-17+,21-18+,27-25+/t40-,41-,44+,45?,46?,47-/m1/s1. The van der Waals surface area contributed by atoms with Gasteiger partial charge < -0.3 is 39.4 Å². The summed E-state index contributed by atoms with van der Waals surface area (Å²) in [5, 5.41) is 40.1. The van der Waals surface area contributed by atoms with Crippen molar-refractivity contribution in [1.29, 1.82) is 0 Å². The molecule has 6 atom stereocenters. The van der Waals surface area contributed by atoms with Crippen molar-refractivity contribution in [2.45, 2.75) is 218 Å². The van der Waals surface area contributed by atoms with Gasteiger partial charge in [-0.15, -0.1) is 0 Å². The minimum atomic E-state index is -1.60. The van der Waals surface area contributed by atoms with Crippen molar-refractivity contribution in [2.24, 2.45) is 0 Å². The van der Waals surface area contributed by atoms with Gasteiger partial charge >= 0.3 is 11.9 Å². The van der Waals surface area contributed by atoms with Gasteiger partial charge in [0, 0.05) is 12.8 Å². The summed E-state index contributed by atoms with van der Waals surface area (Å²) in [5.41, 5.74) is 0. The number of hydrogen-bond donors (Lipinski definition) is 4. The van der Waals surface area contributed by atoms with E-state index in [0.717, 1.165) is 57.8 Å². The van der Waals surface area contributed by atoms with E-state index in [1.807, 2.05) is 0 Å². The Hall–Kier alpha value is -2.34. The van der Waals surface area contributed by atoms with Gasteiger partial charge in [0.15, 0.2) is 12.4 Å². The van der Waals surface area contributed by atoms with E-state index in [9.17, 15) is 30.0 Å². The van der Waals surface area contributed by atoms with E-state index in [1.165, 1.54) is 83.5 Å². The molecule has 1 fully saturated rings. The normalized spacial score (nSPS) is 20.7. The molecular weight excluding hydrogens is 725 g/mol. The molecule has 330 valence electrons. The molecule has 1 aliphatic rings. The maximum absolute atomic E-state index is 12.8. The van der Waals surface area contributed by atoms with Crippen LogP contribution in [0.2, 0.25) is 0 Å². The zero-order valence-electron chi connectivity index (χ0n) is 35.8. The third-order valence-electron chi connectivity index (χ3n) is 10.2. The first kappa shape index (κ1) is 52.7. The maximum Gasteiger partial charge on any atom is 0.306 e. The number of unbranched alkanes of at least 4 members (excludes halogenated alkanes) is 18. The van der Waals surface area contributed by atoms with E-state index in [2.05, 4.69) is 62.5 Å². The van der Waals surface area contributed by atoms with Crippen molar-refractivity contribution < 1.29 is 49.0 Å². The molecule has 0 amide bonds. The van der Waals surface area contributed by atoms with Crippen LogP contribution in [0, 0.1) is 0 Å². The maximum atomic E-state index is 12.8.